The lowest BCUT2D eigenvalue weighted by Gasteiger charge is -2.35. The molecule has 2 heterocycles. The van der Waals surface area contributed by atoms with E-state index >= 15 is 0 Å². The Morgan fingerprint density at radius 2 is 2.26 bits per heavy atom. The molecule has 2 rings (SSSR count). The molecule has 0 saturated carbocycles. The molecular weight excluding hydrogens is 294 g/mol. The van der Waals surface area contributed by atoms with Gasteiger partial charge in [0.25, 0.3) is 11.8 Å². The van der Waals surface area contributed by atoms with Crippen LogP contribution in [0.4, 0.5) is 0 Å². The SMILES string of the molecule is CCC1CCCCN1C(=O)c1cc(C(=O)NCCOC)ccn1. The molecule has 1 atom stereocenters. The summed E-state index contributed by atoms with van der Waals surface area (Å²) in [5.74, 6) is -0.299. The maximum Gasteiger partial charge on any atom is 0.272 e. The van der Waals surface area contributed by atoms with Gasteiger partial charge in [0.15, 0.2) is 0 Å². The molecule has 0 aromatic carbocycles. The standard InChI is InChI=1S/C17H25N3O3/c1-3-14-6-4-5-10-20(14)17(22)15-12-13(7-8-18-15)16(21)19-9-11-23-2/h7-8,12,14H,3-6,9-11H2,1-2H3,(H,19,21). The van der Waals surface area contributed by atoms with E-state index in [4.69, 9.17) is 4.74 Å². The smallest absolute Gasteiger partial charge is 0.272 e. The van der Waals surface area contributed by atoms with Crippen LogP contribution < -0.4 is 5.32 Å². The Labute approximate surface area is 137 Å². The number of nitrogens with one attached hydrogen (secondary N) is 1. The minimum Gasteiger partial charge on any atom is -0.383 e. The number of ether oxygens (including phenoxy) is 1. The molecule has 6 heteroatoms. The average molecular weight is 319 g/mol. The van der Waals surface area contributed by atoms with Crippen LogP contribution in [0.1, 0.15) is 53.5 Å². The number of piperidine rings is 1. The third kappa shape index (κ3) is 4.51. The number of pyridine rings is 1. The molecule has 1 aliphatic heterocycles. The van der Waals surface area contributed by atoms with Crippen molar-refractivity contribution in [1.82, 2.24) is 15.2 Å². The minimum absolute atomic E-state index is 0.0805. The summed E-state index contributed by atoms with van der Waals surface area (Å²) in [6, 6.07) is 3.47. The maximum absolute atomic E-state index is 12.7. The highest BCUT2D eigenvalue weighted by Crippen LogP contribution is 2.21. The molecular formula is C17H25N3O3. The first-order valence-electron chi connectivity index (χ1n) is 8.21. The number of carbonyl (C=O) groups excluding carboxylic acids is 2. The number of methoxy groups -OCH3 is 1. The second-order valence-electron chi connectivity index (χ2n) is 5.73. The Morgan fingerprint density at radius 3 is 3.00 bits per heavy atom. The zero-order valence-corrected chi connectivity index (χ0v) is 13.9. The van der Waals surface area contributed by atoms with Gasteiger partial charge in [0.05, 0.1) is 6.61 Å². The highest BCUT2D eigenvalue weighted by molar-refractivity contribution is 5.98. The second kappa shape index (κ2) is 8.62. The lowest BCUT2D eigenvalue weighted by molar-refractivity contribution is 0.0602. The number of hydrogen-bond acceptors (Lipinski definition) is 4. The summed E-state index contributed by atoms with van der Waals surface area (Å²) in [4.78, 5) is 30.9. The number of rotatable bonds is 6. The molecule has 2 amide bonds. The summed E-state index contributed by atoms with van der Waals surface area (Å²) >= 11 is 0. The summed E-state index contributed by atoms with van der Waals surface area (Å²) in [6.07, 6.45) is 5.70. The summed E-state index contributed by atoms with van der Waals surface area (Å²) in [5.41, 5.74) is 0.786. The molecule has 1 unspecified atom stereocenters. The minimum atomic E-state index is -0.218. The van der Waals surface area contributed by atoms with Gasteiger partial charge >= 0.3 is 0 Å². The first kappa shape index (κ1) is 17.4. The van der Waals surface area contributed by atoms with Crippen molar-refractivity contribution in [3.63, 3.8) is 0 Å². The molecule has 1 N–H and O–H groups in total. The summed E-state index contributed by atoms with van der Waals surface area (Å²) in [7, 11) is 1.58. The van der Waals surface area contributed by atoms with Gasteiger partial charge in [0.2, 0.25) is 0 Å². The van der Waals surface area contributed by atoms with E-state index < -0.39 is 0 Å². The highest BCUT2D eigenvalue weighted by atomic mass is 16.5. The van der Waals surface area contributed by atoms with E-state index in [-0.39, 0.29) is 17.9 Å². The van der Waals surface area contributed by atoms with E-state index in [2.05, 4.69) is 17.2 Å². The van der Waals surface area contributed by atoms with E-state index in [1.54, 1.807) is 19.2 Å². The van der Waals surface area contributed by atoms with Crippen LogP contribution >= 0.6 is 0 Å². The van der Waals surface area contributed by atoms with Crippen molar-refractivity contribution in [1.29, 1.82) is 0 Å². The Bertz CT molecular complexity index is 548. The number of amides is 2. The van der Waals surface area contributed by atoms with Crippen molar-refractivity contribution in [3.05, 3.63) is 29.6 Å². The van der Waals surface area contributed by atoms with Crippen molar-refractivity contribution in [2.75, 3.05) is 26.8 Å². The molecule has 0 spiro atoms. The van der Waals surface area contributed by atoms with Gasteiger partial charge in [-0.25, -0.2) is 0 Å². The molecule has 1 saturated heterocycles. The van der Waals surface area contributed by atoms with Gasteiger partial charge in [0.1, 0.15) is 5.69 Å². The summed E-state index contributed by atoms with van der Waals surface area (Å²) < 4.78 is 4.91. The first-order valence-corrected chi connectivity index (χ1v) is 8.21. The number of hydrogen-bond donors (Lipinski definition) is 1. The average Bonchev–Trinajstić information content (AvgIpc) is 2.61. The van der Waals surface area contributed by atoms with Gasteiger partial charge in [-0.3, -0.25) is 14.6 Å². The van der Waals surface area contributed by atoms with Gasteiger partial charge in [-0.05, 0) is 37.8 Å². The normalized spacial score (nSPS) is 17.8. The van der Waals surface area contributed by atoms with Crippen molar-refractivity contribution in [2.45, 2.75) is 38.6 Å². The molecule has 1 aromatic heterocycles. The van der Waals surface area contributed by atoms with Crippen LogP contribution in [0.15, 0.2) is 18.3 Å². The molecule has 1 aromatic rings. The largest absolute Gasteiger partial charge is 0.383 e. The molecule has 6 nitrogen and oxygen atoms in total. The fraction of sp³-hybridized carbons (Fsp3) is 0.588. The number of likely N-dealkylation sites (tertiary alicyclic amines) is 1. The lowest BCUT2D eigenvalue weighted by atomic mass is 9.99. The monoisotopic (exact) mass is 319 g/mol. The van der Waals surface area contributed by atoms with Gasteiger partial charge in [-0.15, -0.1) is 0 Å². The van der Waals surface area contributed by atoms with Crippen LogP contribution in [-0.4, -0.2) is 54.5 Å². The molecule has 1 fully saturated rings. The summed E-state index contributed by atoms with van der Waals surface area (Å²) in [6.45, 7) is 3.76. The van der Waals surface area contributed by atoms with E-state index in [9.17, 15) is 9.59 Å². The molecule has 0 radical (unpaired) electrons. The molecule has 1 aliphatic rings. The fourth-order valence-corrected chi connectivity index (χ4v) is 2.90. The maximum atomic E-state index is 12.7. The number of carbonyl (C=O) groups is 2. The van der Waals surface area contributed by atoms with Gasteiger partial charge in [0, 0.05) is 38.0 Å². The Hall–Kier alpha value is -1.95. The third-order valence-corrected chi connectivity index (χ3v) is 4.19. The predicted molar refractivity (Wildman–Crippen MR) is 87.4 cm³/mol. The van der Waals surface area contributed by atoms with Crippen molar-refractivity contribution in [2.24, 2.45) is 0 Å². The van der Waals surface area contributed by atoms with Crippen LogP contribution in [0, 0.1) is 0 Å². The fourth-order valence-electron chi connectivity index (χ4n) is 2.90. The predicted octanol–water partition coefficient (Wildman–Crippen LogP) is 1.86. The zero-order valence-electron chi connectivity index (χ0n) is 13.9. The number of aromatic nitrogens is 1. The van der Waals surface area contributed by atoms with Crippen LogP contribution in [0.25, 0.3) is 0 Å². The molecule has 126 valence electrons. The second-order valence-corrected chi connectivity index (χ2v) is 5.73. The topological polar surface area (TPSA) is 71.5 Å². The molecule has 0 aliphatic carbocycles. The molecule has 23 heavy (non-hydrogen) atoms. The Balaban J connectivity index is 2.09. The third-order valence-electron chi connectivity index (χ3n) is 4.19. The van der Waals surface area contributed by atoms with E-state index in [0.717, 1.165) is 32.2 Å². The van der Waals surface area contributed by atoms with Crippen LogP contribution in [0.3, 0.4) is 0 Å². The lowest BCUT2D eigenvalue weighted by Crippen LogP contribution is -2.43. The van der Waals surface area contributed by atoms with Gasteiger partial charge < -0.3 is 15.0 Å². The Kier molecular flexibility index (Phi) is 6.52. The van der Waals surface area contributed by atoms with Gasteiger partial charge in [-0.2, -0.15) is 0 Å². The Morgan fingerprint density at radius 1 is 1.43 bits per heavy atom. The zero-order chi connectivity index (χ0) is 16.7. The first-order chi connectivity index (χ1) is 11.2. The van der Waals surface area contributed by atoms with Gasteiger partial charge in [-0.1, -0.05) is 6.92 Å². The van der Waals surface area contributed by atoms with Crippen molar-refractivity contribution >= 4 is 11.8 Å². The molecule has 0 bridgehead atoms. The van der Waals surface area contributed by atoms with E-state index in [1.807, 2.05) is 4.90 Å². The highest BCUT2D eigenvalue weighted by Gasteiger charge is 2.27. The van der Waals surface area contributed by atoms with Crippen LogP contribution in [0.2, 0.25) is 0 Å². The van der Waals surface area contributed by atoms with Crippen LogP contribution in [0.5, 0.6) is 0 Å². The number of nitrogens with zero attached hydrogens (tertiary/aromatic N) is 2. The van der Waals surface area contributed by atoms with E-state index in [1.165, 1.54) is 6.20 Å². The summed E-state index contributed by atoms with van der Waals surface area (Å²) in [5, 5.41) is 2.75. The van der Waals surface area contributed by atoms with E-state index in [0.29, 0.717) is 24.4 Å². The van der Waals surface area contributed by atoms with Crippen molar-refractivity contribution < 1.29 is 14.3 Å². The quantitative estimate of drug-likeness (QED) is 0.813. The van der Waals surface area contributed by atoms with Crippen LogP contribution in [-0.2, 0) is 4.74 Å². The van der Waals surface area contributed by atoms with Crippen molar-refractivity contribution in [3.8, 4) is 0 Å².